The molecule has 0 radical (unpaired) electrons. The Balaban J connectivity index is 3.37. The van der Waals surface area contributed by atoms with Crippen LogP contribution in [0.1, 0.15) is 36.2 Å². The quantitative estimate of drug-likeness (QED) is 0.404. The van der Waals surface area contributed by atoms with Gasteiger partial charge in [0.25, 0.3) is 5.91 Å². The van der Waals surface area contributed by atoms with Gasteiger partial charge in [0, 0.05) is 31.7 Å². The van der Waals surface area contributed by atoms with E-state index in [1.807, 2.05) is 0 Å². The van der Waals surface area contributed by atoms with E-state index in [2.05, 4.69) is 16.9 Å². The smallest absolute Gasteiger partial charge is 0.364 e. The number of hydrogen-bond donors (Lipinski definition) is 1. The van der Waals surface area contributed by atoms with Crippen molar-refractivity contribution in [1.29, 1.82) is 0 Å². The molecule has 0 bridgehead atoms. The molecular formula is C22H24F6N2O3. The van der Waals surface area contributed by atoms with E-state index >= 15 is 0 Å². The van der Waals surface area contributed by atoms with Crippen molar-refractivity contribution in [2.24, 2.45) is 4.99 Å². The molecule has 0 saturated carbocycles. The van der Waals surface area contributed by atoms with Gasteiger partial charge in [0.05, 0.1) is 6.54 Å². The van der Waals surface area contributed by atoms with Crippen LogP contribution in [0.3, 0.4) is 0 Å². The first-order chi connectivity index (χ1) is 15.1. The molecule has 11 heteroatoms. The molecular weight excluding hydrogens is 454 g/mol. The lowest BCUT2D eigenvalue weighted by atomic mass is 9.81. The number of nitrogens with one attached hydrogen (secondary N) is 1. The summed E-state index contributed by atoms with van der Waals surface area (Å²) in [6.45, 7) is 5.71. The lowest BCUT2D eigenvalue weighted by Gasteiger charge is -2.38. The molecule has 1 aromatic carbocycles. The zero-order valence-electron chi connectivity index (χ0n) is 18.4. The number of rotatable bonds is 9. The second-order valence-electron chi connectivity index (χ2n) is 7.04. The number of allylic oxidation sites excluding steroid dienone is 1. The number of Topliss-reactive ketones (excluding diaryl/α,β-unsaturated/α-hetero) is 1. The van der Waals surface area contributed by atoms with E-state index in [9.17, 15) is 35.9 Å². The van der Waals surface area contributed by atoms with E-state index in [0.29, 0.717) is 13.2 Å². The van der Waals surface area contributed by atoms with E-state index in [4.69, 9.17) is 4.74 Å². The van der Waals surface area contributed by atoms with Gasteiger partial charge in [-0.25, -0.2) is 0 Å². The molecule has 5 nitrogen and oxygen atoms in total. The van der Waals surface area contributed by atoms with Crippen molar-refractivity contribution in [3.05, 3.63) is 53.6 Å². The fraction of sp³-hybridized carbons (Fsp3) is 0.409. The summed E-state index contributed by atoms with van der Waals surface area (Å²) in [5.41, 5.74) is -6.17. The molecule has 0 saturated heterocycles. The third-order valence-electron chi connectivity index (χ3n) is 4.79. The Morgan fingerprint density at radius 3 is 1.97 bits per heavy atom. The van der Waals surface area contributed by atoms with Crippen molar-refractivity contribution in [2.75, 3.05) is 20.7 Å². The van der Waals surface area contributed by atoms with Crippen molar-refractivity contribution < 1.29 is 40.7 Å². The highest BCUT2D eigenvalue weighted by atomic mass is 19.4. The fourth-order valence-corrected chi connectivity index (χ4v) is 3.17. The second kappa shape index (κ2) is 10.8. The first kappa shape index (κ1) is 28.1. The van der Waals surface area contributed by atoms with Crippen LogP contribution in [0, 0.1) is 0 Å². The van der Waals surface area contributed by atoms with E-state index < -0.39 is 41.6 Å². The monoisotopic (exact) mass is 478 g/mol. The van der Waals surface area contributed by atoms with Crippen LogP contribution in [0.4, 0.5) is 26.3 Å². The minimum atomic E-state index is -5.25. The maximum atomic E-state index is 14.2. The Kier molecular flexibility index (Phi) is 9.17. The molecule has 0 aliphatic carbocycles. The van der Waals surface area contributed by atoms with Crippen LogP contribution in [0.2, 0.25) is 0 Å². The summed E-state index contributed by atoms with van der Waals surface area (Å²) in [5, 5.41) is 2.36. The SMILES string of the molecule is C=C(CC(OC)(C(=C/C)/C(=N\C)C(F)(F)F)C(F)(F)F)c1ccc(C(=O)NCC(C)=O)cc1. The molecule has 0 aliphatic rings. The van der Waals surface area contributed by atoms with Crippen LogP contribution in [0.15, 0.2) is 47.5 Å². The molecule has 1 rings (SSSR count). The van der Waals surface area contributed by atoms with Gasteiger partial charge in [0.1, 0.15) is 11.5 Å². The Morgan fingerprint density at radius 2 is 1.61 bits per heavy atom. The van der Waals surface area contributed by atoms with E-state index in [-0.39, 0.29) is 29.0 Å². The molecule has 0 aromatic heterocycles. The summed E-state index contributed by atoms with van der Waals surface area (Å²) in [5.74, 6) is -0.848. The van der Waals surface area contributed by atoms with Crippen LogP contribution >= 0.6 is 0 Å². The Bertz CT molecular complexity index is 946. The van der Waals surface area contributed by atoms with Gasteiger partial charge in [-0.2, -0.15) is 26.3 Å². The number of carbonyl (C=O) groups excluding carboxylic acids is 2. The summed E-state index contributed by atoms with van der Waals surface area (Å²) in [6.07, 6.45) is -10.8. The largest absolute Gasteiger partial charge is 0.433 e. The van der Waals surface area contributed by atoms with Crippen molar-refractivity contribution >= 4 is 23.0 Å². The highest BCUT2D eigenvalue weighted by Gasteiger charge is 2.61. The molecule has 1 N–H and O–H groups in total. The zero-order valence-corrected chi connectivity index (χ0v) is 18.4. The number of benzene rings is 1. The van der Waals surface area contributed by atoms with Crippen LogP contribution in [-0.2, 0) is 9.53 Å². The second-order valence-corrected chi connectivity index (χ2v) is 7.04. The summed E-state index contributed by atoms with van der Waals surface area (Å²) in [4.78, 5) is 26.0. The third kappa shape index (κ3) is 6.53. The molecule has 1 aromatic rings. The number of aliphatic imine (C=N–C) groups is 1. The van der Waals surface area contributed by atoms with Gasteiger partial charge in [-0.15, -0.1) is 0 Å². The number of hydrogen-bond acceptors (Lipinski definition) is 4. The van der Waals surface area contributed by atoms with Gasteiger partial charge in [-0.05, 0) is 37.1 Å². The normalized spacial score (nSPS) is 15.1. The van der Waals surface area contributed by atoms with E-state index in [0.717, 1.165) is 14.0 Å². The number of halogens is 6. The highest BCUT2D eigenvalue weighted by molar-refractivity contribution is 6.06. The average Bonchev–Trinajstić information content (AvgIpc) is 2.72. The number of methoxy groups -OCH3 is 1. The van der Waals surface area contributed by atoms with E-state index in [1.165, 1.54) is 31.2 Å². The van der Waals surface area contributed by atoms with Crippen LogP contribution in [0.5, 0.6) is 0 Å². The van der Waals surface area contributed by atoms with Crippen LogP contribution in [0.25, 0.3) is 5.57 Å². The third-order valence-corrected chi connectivity index (χ3v) is 4.79. The predicted octanol–water partition coefficient (Wildman–Crippen LogP) is 4.94. The first-order valence-corrected chi connectivity index (χ1v) is 9.53. The summed E-state index contributed by atoms with van der Waals surface area (Å²) >= 11 is 0. The number of ketones is 1. The topological polar surface area (TPSA) is 67.8 Å². The van der Waals surface area contributed by atoms with Gasteiger partial charge >= 0.3 is 12.4 Å². The van der Waals surface area contributed by atoms with Gasteiger partial charge < -0.3 is 10.1 Å². The number of carbonyl (C=O) groups is 2. The molecule has 0 spiro atoms. The van der Waals surface area contributed by atoms with Crippen molar-refractivity contribution in [3.8, 4) is 0 Å². The van der Waals surface area contributed by atoms with Gasteiger partial charge in [-0.1, -0.05) is 24.8 Å². The predicted molar refractivity (Wildman–Crippen MR) is 112 cm³/mol. The number of amides is 1. The molecule has 1 unspecified atom stereocenters. The fourth-order valence-electron chi connectivity index (χ4n) is 3.17. The summed E-state index contributed by atoms with van der Waals surface area (Å²) in [6, 6.07) is 5.19. The molecule has 33 heavy (non-hydrogen) atoms. The Hall–Kier alpha value is -2.95. The Morgan fingerprint density at radius 1 is 1.09 bits per heavy atom. The minimum absolute atomic E-state index is 0.133. The highest BCUT2D eigenvalue weighted by Crippen LogP contribution is 2.47. The van der Waals surface area contributed by atoms with Crippen molar-refractivity contribution in [2.45, 2.75) is 38.2 Å². The maximum absolute atomic E-state index is 14.2. The van der Waals surface area contributed by atoms with E-state index in [1.54, 1.807) is 0 Å². The summed E-state index contributed by atoms with van der Waals surface area (Å²) in [7, 11) is 1.41. The van der Waals surface area contributed by atoms with Crippen molar-refractivity contribution in [3.63, 3.8) is 0 Å². The first-order valence-electron chi connectivity index (χ1n) is 9.53. The van der Waals surface area contributed by atoms with Gasteiger partial charge in [0.2, 0.25) is 0 Å². The summed E-state index contributed by atoms with van der Waals surface area (Å²) < 4.78 is 87.6. The number of alkyl halides is 6. The van der Waals surface area contributed by atoms with Gasteiger partial charge in [0.15, 0.2) is 5.60 Å². The molecule has 0 heterocycles. The molecule has 1 atom stereocenters. The standard InChI is InChI=1S/C22H24F6N2O3/c1-6-17(18(29-4)21(23,24)25)20(33-5,22(26,27)28)11-13(2)15-7-9-16(10-8-15)19(32)30-12-14(3)31/h6-10H,2,11-12H2,1,3-5H3,(H,30,32)/b17-6+,29-18+. The number of nitrogens with zero attached hydrogens (tertiary/aromatic N) is 1. The molecule has 1 amide bonds. The maximum Gasteiger partial charge on any atom is 0.433 e. The minimum Gasteiger partial charge on any atom is -0.364 e. The van der Waals surface area contributed by atoms with Crippen LogP contribution in [-0.4, -0.2) is 56.1 Å². The Labute approximate surface area is 187 Å². The lowest BCUT2D eigenvalue weighted by molar-refractivity contribution is -0.250. The molecule has 182 valence electrons. The van der Waals surface area contributed by atoms with Crippen LogP contribution < -0.4 is 5.32 Å². The molecule has 0 aliphatic heterocycles. The lowest BCUT2D eigenvalue weighted by Crippen LogP contribution is -2.52. The average molecular weight is 478 g/mol. The zero-order chi connectivity index (χ0) is 25.6. The van der Waals surface area contributed by atoms with Crippen molar-refractivity contribution in [1.82, 2.24) is 5.32 Å². The molecule has 0 fully saturated rings. The number of ether oxygens (including phenoxy) is 1. The van der Waals surface area contributed by atoms with Gasteiger partial charge in [-0.3, -0.25) is 14.6 Å².